The lowest BCUT2D eigenvalue weighted by atomic mass is 9.59. The van der Waals surface area contributed by atoms with Crippen LogP contribution in [0, 0.1) is 11.3 Å². The van der Waals surface area contributed by atoms with E-state index in [1.165, 1.54) is 0 Å². The highest BCUT2D eigenvalue weighted by Crippen LogP contribution is 2.50. The number of methoxy groups -OCH3 is 4. The lowest BCUT2D eigenvalue weighted by molar-refractivity contribution is -0.210. The van der Waals surface area contributed by atoms with E-state index in [-0.39, 0.29) is 17.4 Å². The summed E-state index contributed by atoms with van der Waals surface area (Å²) in [4.78, 5) is 5.36. The second-order valence-electron chi connectivity index (χ2n) is 5.76. The summed E-state index contributed by atoms with van der Waals surface area (Å²) in [5.74, 6) is 0.0462. The summed E-state index contributed by atoms with van der Waals surface area (Å²) in [6, 6.07) is 0. The first kappa shape index (κ1) is 15.7. The van der Waals surface area contributed by atoms with Gasteiger partial charge in [0.25, 0.3) is 0 Å². The van der Waals surface area contributed by atoms with Gasteiger partial charge in [0.1, 0.15) is 12.2 Å². The van der Waals surface area contributed by atoms with Gasteiger partial charge in [-0.25, -0.2) is 0 Å². The summed E-state index contributed by atoms with van der Waals surface area (Å²) in [5, 5.41) is 4.20. The molecule has 6 heteroatoms. The number of oxime groups is 1. The van der Waals surface area contributed by atoms with Crippen LogP contribution >= 0.6 is 0 Å². The topological polar surface area (TPSA) is 58.5 Å². The van der Waals surface area contributed by atoms with Crippen molar-refractivity contribution in [3.8, 4) is 0 Å². The molecule has 4 atom stereocenters. The Morgan fingerprint density at radius 3 is 2.55 bits per heavy atom. The molecule has 0 radical (unpaired) electrons. The molecule has 1 saturated carbocycles. The van der Waals surface area contributed by atoms with Crippen molar-refractivity contribution in [2.45, 2.75) is 25.0 Å². The first-order valence-corrected chi connectivity index (χ1v) is 6.84. The molecular formula is C14H25NO5. The second kappa shape index (κ2) is 5.97. The SMILES string of the molecule is COC[C@@H]1[C@@](COC)(OC)[C@@H](OC)CC2=NOC[C@]21C. The zero-order chi connectivity index (χ0) is 14.8. The molecule has 0 spiro atoms. The summed E-state index contributed by atoms with van der Waals surface area (Å²) < 4.78 is 22.5. The Balaban J connectivity index is 2.45. The Hall–Kier alpha value is -0.690. The maximum atomic E-state index is 5.92. The van der Waals surface area contributed by atoms with Gasteiger partial charge in [-0.3, -0.25) is 0 Å². The van der Waals surface area contributed by atoms with Gasteiger partial charge in [0, 0.05) is 40.8 Å². The summed E-state index contributed by atoms with van der Waals surface area (Å²) in [7, 11) is 6.76. The van der Waals surface area contributed by atoms with Crippen molar-refractivity contribution in [2.75, 3.05) is 48.3 Å². The normalized spacial score (nSPS) is 40.1. The van der Waals surface area contributed by atoms with E-state index in [9.17, 15) is 0 Å². The highest BCUT2D eigenvalue weighted by atomic mass is 16.6. The standard InChI is InChI=1S/C14H25NO5/c1-13-8-20-15-11(13)6-12(18-4)14(19-5,9-17-3)10(13)7-16-2/h10,12H,6-9H2,1-5H3/t10-,12-,13-,14+/m0/s1. The van der Waals surface area contributed by atoms with Crippen molar-refractivity contribution in [1.82, 2.24) is 0 Å². The molecule has 116 valence electrons. The van der Waals surface area contributed by atoms with Crippen LogP contribution in [0.5, 0.6) is 0 Å². The van der Waals surface area contributed by atoms with Crippen molar-refractivity contribution < 1.29 is 23.8 Å². The Morgan fingerprint density at radius 1 is 1.25 bits per heavy atom. The molecule has 1 aliphatic heterocycles. The number of rotatable bonds is 6. The summed E-state index contributed by atoms with van der Waals surface area (Å²) >= 11 is 0. The second-order valence-corrected chi connectivity index (χ2v) is 5.76. The molecule has 0 unspecified atom stereocenters. The van der Waals surface area contributed by atoms with Crippen LogP contribution in [-0.2, 0) is 23.8 Å². The van der Waals surface area contributed by atoms with Gasteiger partial charge >= 0.3 is 0 Å². The lowest BCUT2D eigenvalue weighted by Gasteiger charge is -2.53. The van der Waals surface area contributed by atoms with Gasteiger partial charge in [-0.1, -0.05) is 12.1 Å². The largest absolute Gasteiger partial charge is 0.395 e. The number of hydrogen-bond acceptors (Lipinski definition) is 6. The molecule has 0 bridgehead atoms. The highest BCUT2D eigenvalue weighted by molar-refractivity contribution is 5.92. The number of fused-ring (bicyclic) bond motifs is 1. The first-order chi connectivity index (χ1) is 9.59. The Morgan fingerprint density at radius 2 is 2.00 bits per heavy atom. The minimum atomic E-state index is -0.568. The molecule has 2 aliphatic rings. The molecule has 6 nitrogen and oxygen atoms in total. The maximum absolute atomic E-state index is 5.92. The molecule has 0 amide bonds. The molecule has 0 aromatic heterocycles. The molecule has 0 aromatic rings. The van der Waals surface area contributed by atoms with Gasteiger partial charge in [0.05, 0.1) is 30.4 Å². The molecule has 1 aliphatic carbocycles. The van der Waals surface area contributed by atoms with Crippen molar-refractivity contribution in [3.63, 3.8) is 0 Å². The van der Waals surface area contributed by atoms with Crippen LogP contribution in [0.4, 0.5) is 0 Å². The third-order valence-corrected chi connectivity index (χ3v) is 4.85. The average molecular weight is 287 g/mol. The van der Waals surface area contributed by atoms with Crippen molar-refractivity contribution in [2.24, 2.45) is 16.5 Å². The fraction of sp³-hybridized carbons (Fsp3) is 0.929. The first-order valence-electron chi connectivity index (χ1n) is 6.84. The lowest BCUT2D eigenvalue weighted by Crippen LogP contribution is -2.66. The van der Waals surface area contributed by atoms with Gasteiger partial charge < -0.3 is 23.8 Å². The summed E-state index contributed by atoms with van der Waals surface area (Å²) in [6.45, 7) is 3.67. The number of ether oxygens (including phenoxy) is 4. The van der Waals surface area contributed by atoms with E-state index in [0.717, 1.165) is 5.71 Å². The van der Waals surface area contributed by atoms with E-state index in [2.05, 4.69) is 12.1 Å². The molecule has 1 fully saturated rings. The van der Waals surface area contributed by atoms with Crippen molar-refractivity contribution in [3.05, 3.63) is 0 Å². The van der Waals surface area contributed by atoms with E-state index in [1.807, 2.05) is 0 Å². The average Bonchev–Trinajstić information content (AvgIpc) is 2.82. The van der Waals surface area contributed by atoms with Gasteiger partial charge in [-0.05, 0) is 0 Å². The Labute approximate surface area is 120 Å². The smallest absolute Gasteiger partial charge is 0.128 e. The van der Waals surface area contributed by atoms with E-state index in [4.69, 9.17) is 23.8 Å². The van der Waals surface area contributed by atoms with Crippen LogP contribution < -0.4 is 0 Å². The van der Waals surface area contributed by atoms with E-state index >= 15 is 0 Å². The Bertz CT molecular complexity index is 375. The Kier molecular flexibility index (Phi) is 4.69. The van der Waals surface area contributed by atoms with Crippen LogP contribution in [-0.4, -0.2) is 65.7 Å². The van der Waals surface area contributed by atoms with Crippen LogP contribution in [0.25, 0.3) is 0 Å². The van der Waals surface area contributed by atoms with Gasteiger partial charge in [0.2, 0.25) is 0 Å². The fourth-order valence-corrected chi connectivity index (χ4v) is 3.64. The monoisotopic (exact) mass is 287 g/mol. The zero-order valence-corrected chi connectivity index (χ0v) is 13.0. The van der Waals surface area contributed by atoms with Gasteiger partial charge in [0.15, 0.2) is 0 Å². The predicted octanol–water partition coefficient (Wildman–Crippen LogP) is 1.09. The third kappa shape index (κ3) is 2.15. The van der Waals surface area contributed by atoms with Crippen LogP contribution in [0.15, 0.2) is 5.16 Å². The maximum Gasteiger partial charge on any atom is 0.128 e. The van der Waals surface area contributed by atoms with E-state index < -0.39 is 5.60 Å². The van der Waals surface area contributed by atoms with Gasteiger partial charge in [-0.15, -0.1) is 0 Å². The van der Waals surface area contributed by atoms with E-state index in [0.29, 0.717) is 26.2 Å². The van der Waals surface area contributed by atoms with Crippen LogP contribution in [0.1, 0.15) is 13.3 Å². The highest BCUT2D eigenvalue weighted by Gasteiger charge is 2.62. The van der Waals surface area contributed by atoms with Crippen molar-refractivity contribution >= 4 is 5.71 Å². The van der Waals surface area contributed by atoms with E-state index in [1.54, 1.807) is 28.4 Å². The molecular weight excluding hydrogens is 262 g/mol. The minimum Gasteiger partial charge on any atom is -0.395 e. The number of hydrogen-bond donors (Lipinski definition) is 0. The summed E-state index contributed by atoms with van der Waals surface area (Å²) in [6.07, 6.45) is 0.547. The minimum absolute atomic E-state index is 0.0462. The third-order valence-electron chi connectivity index (χ3n) is 4.85. The van der Waals surface area contributed by atoms with Crippen LogP contribution in [0.3, 0.4) is 0 Å². The molecule has 0 aromatic carbocycles. The molecule has 1 heterocycles. The molecule has 0 N–H and O–H groups in total. The summed E-state index contributed by atoms with van der Waals surface area (Å²) in [5.41, 5.74) is 0.246. The van der Waals surface area contributed by atoms with Gasteiger partial charge in [-0.2, -0.15) is 0 Å². The fourth-order valence-electron chi connectivity index (χ4n) is 3.64. The molecule has 20 heavy (non-hydrogen) atoms. The van der Waals surface area contributed by atoms with Crippen LogP contribution in [0.2, 0.25) is 0 Å². The predicted molar refractivity (Wildman–Crippen MR) is 73.9 cm³/mol. The number of nitrogens with zero attached hydrogens (tertiary/aromatic N) is 1. The quantitative estimate of drug-likeness (QED) is 0.732. The zero-order valence-electron chi connectivity index (χ0n) is 13.0. The van der Waals surface area contributed by atoms with Crippen molar-refractivity contribution in [1.29, 1.82) is 0 Å². The molecule has 0 saturated heterocycles. The molecule has 2 rings (SSSR count).